The van der Waals surface area contributed by atoms with E-state index in [-0.39, 0.29) is 11.3 Å². The maximum Gasteiger partial charge on any atom is 0.320 e. The summed E-state index contributed by atoms with van der Waals surface area (Å²) in [5.41, 5.74) is 2.56. The normalized spacial score (nSPS) is 23.2. The van der Waals surface area contributed by atoms with Crippen LogP contribution in [0.15, 0.2) is 12.3 Å². The quantitative estimate of drug-likeness (QED) is 0.861. The van der Waals surface area contributed by atoms with Gasteiger partial charge < -0.3 is 15.3 Å². The van der Waals surface area contributed by atoms with Crippen LogP contribution in [0.5, 0.6) is 0 Å². The molecule has 2 saturated heterocycles. The van der Waals surface area contributed by atoms with Gasteiger partial charge in [-0.2, -0.15) is 0 Å². The van der Waals surface area contributed by atoms with Gasteiger partial charge in [0.2, 0.25) is 0 Å². The first kappa shape index (κ1) is 15.9. The number of carboxylic acid groups (broad SMARTS) is 1. The second kappa shape index (κ2) is 5.92. The van der Waals surface area contributed by atoms with Gasteiger partial charge in [0.1, 0.15) is 6.04 Å². The summed E-state index contributed by atoms with van der Waals surface area (Å²) in [7, 11) is 0. The van der Waals surface area contributed by atoms with Crippen LogP contribution in [-0.4, -0.2) is 52.5 Å². The van der Waals surface area contributed by atoms with E-state index in [2.05, 4.69) is 10.3 Å². The van der Waals surface area contributed by atoms with E-state index in [1.165, 1.54) is 0 Å². The molecule has 3 heterocycles. The zero-order valence-electron chi connectivity index (χ0n) is 13.6. The number of likely N-dealkylation sites (tertiary alicyclic amines) is 1. The summed E-state index contributed by atoms with van der Waals surface area (Å²) in [4.78, 5) is 29.9. The molecule has 0 radical (unpaired) electrons. The van der Waals surface area contributed by atoms with Crippen LogP contribution >= 0.6 is 0 Å². The number of carbonyl (C=O) groups is 2. The highest BCUT2D eigenvalue weighted by Crippen LogP contribution is 2.39. The van der Waals surface area contributed by atoms with E-state index >= 15 is 0 Å². The number of aryl methyl sites for hydroxylation is 2. The summed E-state index contributed by atoms with van der Waals surface area (Å²) < 4.78 is 0. The maximum atomic E-state index is 12.7. The molecule has 23 heavy (non-hydrogen) atoms. The Bertz CT molecular complexity index is 636. The number of rotatable bonds is 2. The molecule has 1 amide bonds. The van der Waals surface area contributed by atoms with Crippen molar-refractivity contribution in [3.63, 3.8) is 0 Å². The summed E-state index contributed by atoms with van der Waals surface area (Å²) in [6, 6.07) is 1.48. The smallest absolute Gasteiger partial charge is 0.320 e. The molecule has 6 heteroatoms. The van der Waals surface area contributed by atoms with Gasteiger partial charge in [-0.15, -0.1) is 0 Å². The summed E-state index contributed by atoms with van der Waals surface area (Å²) >= 11 is 0. The fraction of sp³-hybridized carbons (Fsp3) is 0.588. The molecule has 1 atom stereocenters. The molecule has 0 saturated carbocycles. The molecule has 2 N–H and O–H groups in total. The Morgan fingerprint density at radius 1 is 1.35 bits per heavy atom. The number of carbonyl (C=O) groups excluding carboxylic acids is 1. The van der Waals surface area contributed by atoms with Gasteiger partial charge in [-0.3, -0.25) is 14.6 Å². The van der Waals surface area contributed by atoms with Crippen molar-refractivity contribution < 1.29 is 14.7 Å². The molecular formula is C17H23N3O3. The molecule has 6 nitrogen and oxygen atoms in total. The zero-order chi connectivity index (χ0) is 16.6. The van der Waals surface area contributed by atoms with E-state index in [4.69, 9.17) is 5.11 Å². The Balaban J connectivity index is 1.65. The Morgan fingerprint density at radius 2 is 2.04 bits per heavy atom. The van der Waals surface area contributed by atoms with E-state index in [0.29, 0.717) is 25.1 Å². The first-order valence-electron chi connectivity index (χ1n) is 8.09. The Kier molecular flexibility index (Phi) is 4.10. The molecule has 1 aromatic heterocycles. The van der Waals surface area contributed by atoms with Crippen molar-refractivity contribution in [2.75, 3.05) is 19.6 Å². The van der Waals surface area contributed by atoms with E-state index in [0.717, 1.165) is 30.6 Å². The van der Waals surface area contributed by atoms with Crippen molar-refractivity contribution >= 4 is 11.9 Å². The molecule has 1 aromatic rings. The van der Waals surface area contributed by atoms with Crippen molar-refractivity contribution in [2.24, 2.45) is 5.41 Å². The second-order valence-electron chi connectivity index (χ2n) is 6.91. The molecule has 3 rings (SSSR count). The van der Waals surface area contributed by atoms with Crippen LogP contribution in [-0.2, 0) is 4.79 Å². The lowest BCUT2D eigenvalue weighted by atomic mass is 9.76. The van der Waals surface area contributed by atoms with Gasteiger partial charge in [0.05, 0.1) is 5.56 Å². The minimum Gasteiger partial charge on any atom is -0.480 e. The third kappa shape index (κ3) is 3.08. The van der Waals surface area contributed by atoms with E-state index in [1.54, 1.807) is 6.20 Å². The number of nitrogens with zero attached hydrogens (tertiary/aromatic N) is 2. The summed E-state index contributed by atoms with van der Waals surface area (Å²) in [5.74, 6) is -0.743. The minimum absolute atomic E-state index is 0.0282. The number of carboxylic acids is 1. The predicted octanol–water partition coefficient (Wildman–Crippen LogP) is 1.37. The molecule has 124 valence electrons. The molecule has 0 aromatic carbocycles. The number of nitrogens with one attached hydrogen (secondary N) is 1. The van der Waals surface area contributed by atoms with Crippen LogP contribution < -0.4 is 5.32 Å². The van der Waals surface area contributed by atoms with Gasteiger partial charge in [-0.25, -0.2) is 0 Å². The maximum absolute atomic E-state index is 12.7. The highest BCUT2D eigenvalue weighted by atomic mass is 16.4. The number of aliphatic carboxylic acids is 1. The molecule has 2 aliphatic heterocycles. The summed E-state index contributed by atoms with van der Waals surface area (Å²) in [6.07, 6.45) is 4.03. The minimum atomic E-state index is -0.776. The van der Waals surface area contributed by atoms with Crippen LogP contribution in [0.2, 0.25) is 0 Å². The molecule has 0 aliphatic carbocycles. The third-order valence-corrected chi connectivity index (χ3v) is 5.25. The number of hydrogen-bond donors (Lipinski definition) is 2. The number of aromatic nitrogens is 1. The predicted molar refractivity (Wildman–Crippen MR) is 85.3 cm³/mol. The monoisotopic (exact) mass is 317 g/mol. The SMILES string of the molecule is Cc1cc(C)c(C(=O)N2CCC3(CC2)CN[C@@H](C(=O)O)C3)cn1. The lowest BCUT2D eigenvalue weighted by molar-refractivity contribution is -0.139. The van der Waals surface area contributed by atoms with Gasteiger partial charge in [0.15, 0.2) is 0 Å². The number of piperidine rings is 1. The second-order valence-corrected chi connectivity index (χ2v) is 6.91. The first-order valence-corrected chi connectivity index (χ1v) is 8.09. The van der Waals surface area contributed by atoms with Crippen molar-refractivity contribution in [3.05, 3.63) is 29.1 Å². The summed E-state index contributed by atoms with van der Waals surface area (Å²) in [5, 5.41) is 12.2. The van der Waals surface area contributed by atoms with E-state index < -0.39 is 12.0 Å². The Morgan fingerprint density at radius 3 is 2.61 bits per heavy atom. The van der Waals surface area contributed by atoms with Gasteiger partial charge in [0, 0.05) is 31.5 Å². The molecular weight excluding hydrogens is 294 g/mol. The standard InChI is InChI=1S/C17H23N3O3/c1-11-7-12(2)18-9-13(11)15(21)20-5-3-17(4-6-20)8-14(16(22)23)19-10-17/h7,9,14,19H,3-6,8,10H2,1-2H3,(H,22,23)/t14-/m1/s1. The van der Waals surface area contributed by atoms with E-state index in [1.807, 2.05) is 24.8 Å². The van der Waals surface area contributed by atoms with Crippen LogP contribution in [0, 0.1) is 19.3 Å². The van der Waals surface area contributed by atoms with Crippen molar-refractivity contribution in [3.8, 4) is 0 Å². The van der Waals surface area contributed by atoms with Gasteiger partial charge in [0.25, 0.3) is 5.91 Å². The molecule has 2 aliphatic rings. The van der Waals surface area contributed by atoms with Crippen molar-refractivity contribution in [1.29, 1.82) is 0 Å². The summed E-state index contributed by atoms with van der Waals surface area (Å²) in [6.45, 7) is 5.95. The fourth-order valence-corrected chi connectivity index (χ4v) is 3.75. The van der Waals surface area contributed by atoms with Crippen molar-refractivity contribution in [2.45, 2.75) is 39.2 Å². The van der Waals surface area contributed by atoms with Crippen molar-refractivity contribution in [1.82, 2.24) is 15.2 Å². The van der Waals surface area contributed by atoms with Crippen LogP contribution in [0.1, 0.15) is 40.9 Å². The zero-order valence-corrected chi connectivity index (χ0v) is 13.6. The average molecular weight is 317 g/mol. The lowest BCUT2D eigenvalue weighted by Gasteiger charge is -2.39. The highest BCUT2D eigenvalue weighted by Gasteiger charge is 2.44. The van der Waals surface area contributed by atoms with Crippen LogP contribution in [0.4, 0.5) is 0 Å². The van der Waals surface area contributed by atoms with Gasteiger partial charge >= 0.3 is 5.97 Å². The Labute approximate surface area is 135 Å². The van der Waals surface area contributed by atoms with Gasteiger partial charge in [-0.1, -0.05) is 0 Å². The molecule has 1 spiro atoms. The number of pyridine rings is 1. The third-order valence-electron chi connectivity index (χ3n) is 5.25. The Hall–Kier alpha value is -1.95. The number of amides is 1. The first-order chi connectivity index (χ1) is 10.9. The number of hydrogen-bond acceptors (Lipinski definition) is 4. The molecule has 0 bridgehead atoms. The molecule has 2 fully saturated rings. The topological polar surface area (TPSA) is 82.5 Å². The van der Waals surface area contributed by atoms with Crippen LogP contribution in [0.25, 0.3) is 0 Å². The average Bonchev–Trinajstić information content (AvgIpc) is 2.92. The van der Waals surface area contributed by atoms with Crippen LogP contribution in [0.3, 0.4) is 0 Å². The van der Waals surface area contributed by atoms with Gasteiger partial charge in [-0.05, 0) is 50.2 Å². The van der Waals surface area contributed by atoms with E-state index in [9.17, 15) is 9.59 Å². The fourth-order valence-electron chi connectivity index (χ4n) is 3.75. The lowest BCUT2D eigenvalue weighted by Crippen LogP contribution is -2.44. The highest BCUT2D eigenvalue weighted by molar-refractivity contribution is 5.95. The largest absolute Gasteiger partial charge is 0.480 e. The molecule has 0 unspecified atom stereocenters.